The number of rotatable bonds is 2. The molecule has 0 radical (unpaired) electrons. The fourth-order valence-corrected chi connectivity index (χ4v) is 3.26. The normalized spacial score (nSPS) is 19.4. The molecule has 1 aromatic heterocycles. The molecule has 1 amide bonds. The zero-order chi connectivity index (χ0) is 13.3. The van der Waals surface area contributed by atoms with Crippen molar-refractivity contribution in [1.29, 1.82) is 0 Å². The minimum Gasteiger partial charge on any atom is -0.309 e. The molecule has 0 aromatic carbocycles. The van der Waals surface area contributed by atoms with Gasteiger partial charge >= 0.3 is 0 Å². The Morgan fingerprint density at radius 2 is 2.33 bits per heavy atom. The molecule has 0 spiro atoms. The third-order valence-electron chi connectivity index (χ3n) is 2.51. The molecule has 1 aromatic rings. The van der Waals surface area contributed by atoms with Gasteiger partial charge < -0.3 is 4.90 Å². The second kappa shape index (κ2) is 5.36. The van der Waals surface area contributed by atoms with E-state index < -0.39 is 5.95 Å². The van der Waals surface area contributed by atoms with Crippen molar-refractivity contribution >= 4 is 44.4 Å². The van der Waals surface area contributed by atoms with E-state index in [4.69, 9.17) is 0 Å². The molecular weight excluding hydrogens is 323 g/mol. The number of thioether (sulfide) groups is 1. The topological polar surface area (TPSA) is 50.3 Å². The number of pyridine rings is 1. The maximum atomic E-state index is 12.9. The zero-order valence-corrected chi connectivity index (χ0v) is 11.9. The van der Waals surface area contributed by atoms with Gasteiger partial charge in [0.05, 0.1) is 5.69 Å². The van der Waals surface area contributed by atoms with Crippen LogP contribution in [0.25, 0.3) is 0 Å². The van der Waals surface area contributed by atoms with Gasteiger partial charge in [-0.05, 0) is 28.1 Å². The summed E-state index contributed by atoms with van der Waals surface area (Å²) < 4.78 is 13.2. The third-order valence-corrected chi connectivity index (χ3v) is 4.07. The van der Waals surface area contributed by atoms with Crippen LogP contribution < -0.4 is 4.90 Å². The van der Waals surface area contributed by atoms with Gasteiger partial charge in [-0.2, -0.15) is 4.39 Å². The SMILES string of the molecule is CC(=O)SC1CC(=O)N(c2ccc(F)nc2Br)C1. The molecule has 1 saturated heterocycles. The van der Waals surface area contributed by atoms with E-state index in [9.17, 15) is 14.0 Å². The van der Waals surface area contributed by atoms with Crippen LogP contribution >= 0.6 is 27.7 Å². The fraction of sp³-hybridized carbons (Fsp3) is 0.364. The summed E-state index contributed by atoms with van der Waals surface area (Å²) in [6.45, 7) is 1.92. The van der Waals surface area contributed by atoms with Crippen LogP contribution in [0.4, 0.5) is 10.1 Å². The first kappa shape index (κ1) is 13.5. The summed E-state index contributed by atoms with van der Waals surface area (Å²) in [4.78, 5) is 28.0. The lowest BCUT2D eigenvalue weighted by Gasteiger charge is -2.17. The van der Waals surface area contributed by atoms with Crippen molar-refractivity contribution in [1.82, 2.24) is 4.98 Å². The molecule has 0 saturated carbocycles. The lowest BCUT2D eigenvalue weighted by atomic mass is 10.4. The Balaban J connectivity index is 2.19. The third kappa shape index (κ3) is 2.89. The Morgan fingerprint density at radius 3 is 2.94 bits per heavy atom. The minimum absolute atomic E-state index is 0.00838. The molecule has 2 rings (SSSR count). The van der Waals surface area contributed by atoms with E-state index in [0.29, 0.717) is 23.3 Å². The van der Waals surface area contributed by atoms with E-state index in [1.165, 1.54) is 24.0 Å². The number of hydrogen-bond acceptors (Lipinski definition) is 4. The van der Waals surface area contributed by atoms with Crippen LogP contribution in [0, 0.1) is 5.95 Å². The molecule has 1 unspecified atom stereocenters. The van der Waals surface area contributed by atoms with Gasteiger partial charge in [0.25, 0.3) is 0 Å². The van der Waals surface area contributed by atoms with Gasteiger partial charge in [0.2, 0.25) is 11.9 Å². The largest absolute Gasteiger partial charge is 0.309 e. The molecule has 1 fully saturated rings. The smallest absolute Gasteiger partial charge is 0.228 e. The van der Waals surface area contributed by atoms with Crippen molar-refractivity contribution in [3.05, 3.63) is 22.7 Å². The Labute approximate surface area is 116 Å². The first-order valence-corrected chi connectivity index (χ1v) is 6.94. The quantitative estimate of drug-likeness (QED) is 0.780. The number of carbonyl (C=O) groups excluding carboxylic acids is 2. The van der Waals surface area contributed by atoms with Gasteiger partial charge in [0.1, 0.15) is 4.60 Å². The number of anilines is 1. The molecule has 0 bridgehead atoms. The van der Waals surface area contributed by atoms with Gasteiger partial charge in [-0.25, -0.2) is 4.98 Å². The predicted octanol–water partition coefficient (Wildman–Crippen LogP) is 2.37. The summed E-state index contributed by atoms with van der Waals surface area (Å²) in [5, 5.41) is -0.0575. The van der Waals surface area contributed by atoms with E-state index >= 15 is 0 Å². The van der Waals surface area contributed by atoms with Crippen LogP contribution in [0.5, 0.6) is 0 Å². The lowest BCUT2D eigenvalue weighted by molar-refractivity contribution is -0.117. The van der Waals surface area contributed by atoms with Crippen molar-refractivity contribution in [2.24, 2.45) is 0 Å². The van der Waals surface area contributed by atoms with Crippen LogP contribution in [0.15, 0.2) is 16.7 Å². The number of aromatic nitrogens is 1. The highest BCUT2D eigenvalue weighted by atomic mass is 79.9. The lowest BCUT2D eigenvalue weighted by Crippen LogP contribution is -2.25. The van der Waals surface area contributed by atoms with Crippen molar-refractivity contribution in [2.45, 2.75) is 18.6 Å². The van der Waals surface area contributed by atoms with Gasteiger partial charge in [0.15, 0.2) is 5.12 Å². The monoisotopic (exact) mass is 332 g/mol. The van der Waals surface area contributed by atoms with Crippen LogP contribution in [0.3, 0.4) is 0 Å². The van der Waals surface area contributed by atoms with Crippen LogP contribution in [-0.2, 0) is 9.59 Å². The van der Waals surface area contributed by atoms with Crippen LogP contribution in [0.1, 0.15) is 13.3 Å². The Hall–Kier alpha value is -0.950. The molecule has 18 heavy (non-hydrogen) atoms. The van der Waals surface area contributed by atoms with Crippen molar-refractivity contribution in [3.63, 3.8) is 0 Å². The first-order chi connectivity index (χ1) is 8.47. The van der Waals surface area contributed by atoms with Gasteiger partial charge in [-0.1, -0.05) is 11.8 Å². The van der Waals surface area contributed by atoms with Gasteiger partial charge in [-0.3, -0.25) is 9.59 Å². The van der Waals surface area contributed by atoms with Crippen molar-refractivity contribution < 1.29 is 14.0 Å². The van der Waals surface area contributed by atoms with E-state index in [1.54, 1.807) is 0 Å². The van der Waals surface area contributed by atoms with Gasteiger partial charge in [-0.15, -0.1) is 0 Å². The standard InChI is InChI=1S/C11H10BrFN2O2S/c1-6(16)18-7-4-10(17)15(5-7)8-2-3-9(13)14-11(8)12/h2-3,7H,4-5H2,1H3. The Bertz CT molecular complexity index is 512. The summed E-state index contributed by atoms with van der Waals surface area (Å²) in [7, 11) is 0. The molecular formula is C11H10BrFN2O2S. The molecule has 96 valence electrons. The van der Waals surface area contributed by atoms with Crippen molar-refractivity contribution in [2.75, 3.05) is 11.4 Å². The van der Waals surface area contributed by atoms with E-state index in [2.05, 4.69) is 20.9 Å². The summed E-state index contributed by atoms with van der Waals surface area (Å²) in [6.07, 6.45) is 0.314. The number of amides is 1. The summed E-state index contributed by atoms with van der Waals surface area (Å²) >= 11 is 4.30. The first-order valence-electron chi connectivity index (χ1n) is 5.27. The summed E-state index contributed by atoms with van der Waals surface area (Å²) in [6, 6.07) is 2.71. The number of hydrogen-bond donors (Lipinski definition) is 0. The van der Waals surface area contributed by atoms with Gasteiger partial charge in [0, 0.05) is 25.1 Å². The molecule has 1 aliphatic heterocycles. The molecule has 0 aliphatic carbocycles. The molecule has 1 atom stereocenters. The molecule has 1 aliphatic rings. The molecule has 7 heteroatoms. The van der Waals surface area contributed by atoms with Crippen LogP contribution in [-0.4, -0.2) is 27.8 Å². The predicted molar refractivity (Wildman–Crippen MR) is 70.9 cm³/mol. The summed E-state index contributed by atoms with van der Waals surface area (Å²) in [5.41, 5.74) is 0.535. The molecule has 0 N–H and O–H groups in total. The second-order valence-corrected chi connectivity index (χ2v) is 6.11. The highest BCUT2D eigenvalue weighted by molar-refractivity contribution is 9.10. The number of carbonyl (C=O) groups is 2. The number of nitrogens with zero attached hydrogens (tertiary/aromatic N) is 2. The number of halogens is 2. The minimum atomic E-state index is -0.605. The molecule has 2 heterocycles. The highest BCUT2D eigenvalue weighted by Crippen LogP contribution is 2.32. The summed E-state index contributed by atoms with van der Waals surface area (Å²) in [5.74, 6) is -0.685. The van der Waals surface area contributed by atoms with Crippen LogP contribution in [0.2, 0.25) is 0 Å². The maximum Gasteiger partial charge on any atom is 0.228 e. The fourth-order valence-electron chi connectivity index (χ4n) is 1.83. The highest BCUT2D eigenvalue weighted by Gasteiger charge is 2.33. The van der Waals surface area contributed by atoms with Crippen molar-refractivity contribution in [3.8, 4) is 0 Å². The van der Waals surface area contributed by atoms with E-state index in [0.717, 1.165) is 11.8 Å². The Morgan fingerprint density at radius 1 is 1.61 bits per heavy atom. The zero-order valence-electron chi connectivity index (χ0n) is 9.52. The van der Waals surface area contributed by atoms with E-state index in [-0.39, 0.29) is 16.3 Å². The average Bonchev–Trinajstić information content (AvgIpc) is 2.58. The maximum absolute atomic E-state index is 12.9. The Kier molecular flexibility index (Phi) is 4.01. The second-order valence-electron chi connectivity index (χ2n) is 3.88. The average molecular weight is 333 g/mol. The van der Waals surface area contributed by atoms with E-state index in [1.807, 2.05) is 0 Å². The molecule has 4 nitrogen and oxygen atoms in total.